The molecule has 8 heteroatoms. The van der Waals surface area contributed by atoms with Gasteiger partial charge in [-0.2, -0.15) is 0 Å². The molecule has 0 rings (SSSR count). The van der Waals surface area contributed by atoms with Crippen LogP contribution in [0.1, 0.15) is 97.8 Å². The predicted molar refractivity (Wildman–Crippen MR) is 141 cm³/mol. The van der Waals surface area contributed by atoms with Crippen molar-refractivity contribution in [3.63, 3.8) is 0 Å². The van der Waals surface area contributed by atoms with Crippen LogP contribution in [0.15, 0.2) is 12.2 Å². The molecule has 0 fully saturated rings. The Morgan fingerprint density at radius 3 is 2.25 bits per heavy atom. The molecule has 0 heterocycles. The van der Waals surface area contributed by atoms with Gasteiger partial charge < -0.3 is 23.8 Å². The van der Waals surface area contributed by atoms with Crippen LogP contribution in [0.3, 0.4) is 0 Å². The first-order chi connectivity index (χ1) is 17.1. The Labute approximate surface area is 218 Å². The van der Waals surface area contributed by atoms with Crippen LogP contribution in [0.5, 0.6) is 0 Å². The van der Waals surface area contributed by atoms with Crippen LogP contribution >= 0.6 is 0 Å². The summed E-state index contributed by atoms with van der Waals surface area (Å²) in [7, 11) is 3.77. The van der Waals surface area contributed by atoms with Gasteiger partial charge in [0.1, 0.15) is 19.3 Å². The summed E-state index contributed by atoms with van der Waals surface area (Å²) in [5.74, 6) is -0.800. The second-order valence-electron chi connectivity index (χ2n) is 10.1. The van der Waals surface area contributed by atoms with Crippen molar-refractivity contribution in [2.45, 2.75) is 110 Å². The molecule has 36 heavy (non-hydrogen) atoms. The van der Waals surface area contributed by atoms with Gasteiger partial charge in [0.25, 0.3) is 0 Å². The standard InChI is InChI=1S/C28H52NO7/c1-6-8-15-19-26(36-28(33)23-29(4,5)21-22-35-24(3)30)25(31)18-16-13-11-9-10-12-14-17-20-27(32)34-7-2/h13,16,25-26,31H,6-12,14-15,17-23H2,1-5H3/q+1/b16-13-. The van der Waals surface area contributed by atoms with E-state index in [1.54, 1.807) is 0 Å². The van der Waals surface area contributed by atoms with Crippen LogP contribution in [0.25, 0.3) is 0 Å². The molecule has 0 saturated heterocycles. The number of nitrogens with zero attached hydrogens (tertiary/aromatic N) is 1. The van der Waals surface area contributed by atoms with Crippen molar-refractivity contribution in [1.29, 1.82) is 0 Å². The molecule has 0 saturated carbocycles. The number of aliphatic hydroxyl groups excluding tert-OH is 1. The highest BCUT2D eigenvalue weighted by Crippen LogP contribution is 2.16. The minimum Gasteiger partial charge on any atom is -0.466 e. The Hall–Kier alpha value is -1.93. The van der Waals surface area contributed by atoms with Crippen LogP contribution in [0.2, 0.25) is 0 Å². The molecule has 0 aliphatic carbocycles. The maximum absolute atomic E-state index is 12.6. The van der Waals surface area contributed by atoms with Crippen LogP contribution in [0.4, 0.5) is 0 Å². The minimum atomic E-state index is -0.735. The summed E-state index contributed by atoms with van der Waals surface area (Å²) in [6, 6.07) is 0. The highest BCUT2D eigenvalue weighted by Gasteiger charge is 2.27. The van der Waals surface area contributed by atoms with E-state index >= 15 is 0 Å². The number of rotatable bonds is 22. The summed E-state index contributed by atoms with van der Waals surface area (Å²) in [4.78, 5) is 34.9. The van der Waals surface area contributed by atoms with Gasteiger partial charge >= 0.3 is 17.9 Å². The third-order valence-electron chi connectivity index (χ3n) is 5.96. The van der Waals surface area contributed by atoms with E-state index in [4.69, 9.17) is 14.2 Å². The van der Waals surface area contributed by atoms with E-state index in [2.05, 4.69) is 13.0 Å². The van der Waals surface area contributed by atoms with Crippen molar-refractivity contribution < 1.29 is 38.2 Å². The van der Waals surface area contributed by atoms with E-state index in [1.807, 2.05) is 27.1 Å². The summed E-state index contributed by atoms with van der Waals surface area (Å²) in [6.07, 6.45) is 13.5. The highest BCUT2D eigenvalue weighted by molar-refractivity contribution is 5.71. The van der Waals surface area contributed by atoms with E-state index in [-0.39, 0.29) is 31.1 Å². The summed E-state index contributed by atoms with van der Waals surface area (Å²) >= 11 is 0. The van der Waals surface area contributed by atoms with Gasteiger partial charge in [-0.3, -0.25) is 9.59 Å². The number of ether oxygens (including phenoxy) is 3. The number of allylic oxidation sites excluding steroid dienone is 1. The molecule has 0 aliphatic rings. The Morgan fingerprint density at radius 2 is 1.58 bits per heavy atom. The van der Waals surface area contributed by atoms with Gasteiger partial charge in [-0.15, -0.1) is 0 Å². The zero-order valence-corrected chi connectivity index (χ0v) is 23.5. The van der Waals surface area contributed by atoms with Crippen molar-refractivity contribution >= 4 is 17.9 Å². The summed E-state index contributed by atoms with van der Waals surface area (Å²) < 4.78 is 16.0. The number of esters is 3. The zero-order valence-electron chi connectivity index (χ0n) is 23.5. The fourth-order valence-electron chi connectivity index (χ4n) is 3.80. The van der Waals surface area contributed by atoms with Crippen molar-refractivity contribution in [1.82, 2.24) is 0 Å². The fourth-order valence-corrected chi connectivity index (χ4v) is 3.80. The quantitative estimate of drug-likeness (QED) is 0.0734. The normalized spacial score (nSPS) is 13.4. The lowest BCUT2D eigenvalue weighted by atomic mass is 10.0. The molecule has 8 nitrogen and oxygen atoms in total. The van der Waals surface area contributed by atoms with Crippen LogP contribution < -0.4 is 0 Å². The molecule has 0 bridgehead atoms. The van der Waals surface area contributed by atoms with Gasteiger partial charge in [-0.05, 0) is 45.4 Å². The number of hydrogen-bond acceptors (Lipinski definition) is 7. The largest absolute Gasteiger partial charge is 0.466 e. The van der Waals surface area contributed by atoms with Gasteiger partial charge in [0, 0.05) is 13.3 Å². The zero-order chi connectivity index (χ0) is 27.2. The van der Waals surface area contributed by atoms with Gasteiger partial charge in [-0.25, -0.2) is 4.79 Å². The molecule has 2 unspecified atom stereocenters. The second-order valence-corrected chi connectivity index (χ2v) is 10.1. The van der Waals surface area contributed by atoms with Gasteiger partial charge in [0.15, 0.2) is 6.54 Å². The number of aliphatic hydroxyl groups is 1. The van der Waals surface area contributed by atoms with E-state index in [1.165, 1.54) is 6.92 Å². The van der Waals surface area contributed by atoms with Crippen molar-refractivity contribution in [2.75, 3.05) is 40.4 Å². The Kier molecular flexibility index (Phi) is 20.0. The number of hydrogen-bond donors (Lipinski definition) is 1. The topological polar surface area (TPSA) is 99.1 Å². The first-order valence-corrected chi connectivity index (χ1v) is 13.7. The SMILES string of the molecule is CCCCCC(OC(=O)C[N+](C)(C)CCOC(C)=O)C(O)C/C=C\CCCCCCCC(=O)OCC. The van der Waals surface area contributed by atoms with Crippen molar-refractivity contribution in [2.24, 2.45) is 0 Å². The summed E-state index contributed by atoms with van der Waals surface area (Å²) in [6.45, 7) is 6.64. The first kappa shape index (κ1) is 34.1. The molecule has 0 amide bonds. The second kappa shape index (κ2) is 21.2. The van der Waals surface area contributed by atoms with E-state index < -0.39 is 12.2 Å². The van der Waals surface area contributed by atoms with E-state index in [0.29, 0.717) is 36.9 Å². The summed E-state index contributed by atoms with van der Waals surface area (Å²) in [5, 5.41) is 10.7. The molecule has 0 aromatic rings. The minimum absolute atomic E-state index is 0.111. The molecule has 0 spiro atoms. The Balaban J connectivity index is 4.37. The van der Waals surface area contributed by atoms with Gasteiger partial charge in [0.05, 0.1) is 26.8 Å². The van der Waals surface area contributed by atoms with Gasteiger partial charge in [0.2, 0.25) is 0 Å². The molecule has 0 aromatic carbocycles. The fraction of sp³-hybridized carbons (Fsp3) is 0.821. The number of unbranched alkanes of at least 4 members (excludes halogenated alkanes) is 7. The third kappa shape index (κ3) is 20.3. The molecular weight excluding hydrogens is 462 g/mol. The predicted octanol–water partition coefficient (Wildman–Crippen LogP) is 4.72. The Morgan fingerprint density at radius 1 is 0.889 bits per heavy atom. The average Bonchev–Trinajstić information content (AvgIpc) is 2.79. The molecule has 0 aliphatic heterocycles. The monoisotopic (exact) mass is 514 g/mol. The molecule has 0 radical (unpaired) electrons. The lowest BCUT2D eigenvalue weighted by Gasteiger charge is -2.30. The maximum atomic E-state index is 12.6. The van der Waals surface area contributed by atoms with E-state index in [0.717, 1.165) is 57.8 Å². The third-order valence-corrected chi connectivity index (χ3v) is 5.96. The Bertz CT molecular complexity index is 633. The lowest BCUT2D eigenvalue weighted by Crippen LogP contribution is -2.47. The number of quaternary nitrogens is 1. The molecule has 2 atom stereocenters. The first-order valence-electron chi connectivity index (χ1n) is 13.7. The number of carbonyl (C=O) groups is 3. The smallest absolute Gasteiger partial charge is 0.362 e. The lowest BCUT2D eigenvalue weighted by molar-refractivity contribution is -0.883. The number of likely N-dealkylation sites (N-methyl/N-ethyl adjacent to an activating group) is 1. The highest BCUT2D eigenvalue weighted by atomic mass is 16.6. The molecular formula is C28H52NO7+. The average molecular weight is 515 g/mol. The van der Waals surface area contributed by atoms with Gasteiger partial charge in [-0.1, -0.05) is 51.2 Å². The number of carbonyl (C=O) groups excluding carboxylic acids is 3. The molecule has 1 N–H and O–H groups in total. The van der Waals surface area contributed by atoms with E-state index in [9.17, 15) is 19.5 Å². The van der Waals surface area contributed by atoms with Crippen molar-refractivity contribution in [3.05, 3.63) is 12.2 Å². The molecule has 210 valence electrons. The van der Waals surface area contributed by atoms with Crippen LogP contribution in [0, 0.1) is 0 Å². The van der Waals surface area contributed by atoms with Crippen LogP contribution in [-0.2, 0) is 28.6 Å². The van der Waals surface area contributed by atoms with Crippen molar-refractivity contribution in [3.8, 4) is 0 Å². The maximum Gasteiger partial charge on any atom is 0.362 e. The van der Waals surface area contributed by atoms with Crippen LogP contribution in [-0.4, -0.2) is 80.1 Å². The summed E-state index contributed by atoms with van der Waals surface area (Å²) in [5.41, 5.74) is 0. The molecule has 0 aromatic heterocycles.